The van der Waals surface area contributed by atoms with Crippen molar-refractivity contribution in [2.24, 2.45) is 7.05 Å². The maximum absolute atomic E-state index is 12.9. The third-order valence-corrected chi connectivity index (χ3v) is 5.40. The lowest BCUT2D eigenvalue weighted by Crippen LogP contribution is -2.27. The van der Waals surface area contributed by atoms with Crippen LogP contribution in [-0.2, 0) is 29.6 Å². The van der Waals surface area contributed by atoms with Crippen LogP contribution in [0.25, 0.3) is 0 Å². The van der Waals surface area contributed by atoms with Gasteiger partial charge in [-0.25, -0.2) is 4.98 Å². The van der Waals surface area contributed by atoms with Gasteiger partial charge in [0.1, 0.15) is 0 Å². The van der Waals surface area contributed by atoms with E-state index in [-0.39, 0.29) is 11.5 Å². The Bertz CT molecular complexity index is 822. The molecule has 7 heteroatoms. The standard InChI is InChI=1S/C21H29N3O3S/c1-4-12-22-19(25)11-8-13-28-21-23-18(15-27-3)17(20(26)24(21)2)14-16-9-6-5-7-10-16/h5-7,9-10H,4,8,11-15H2,1-3H3,(H,22,25). The zero-order valence-corrected chi connectivity index (χ0v) is 17.7. The van der Waals surface area contributed by atoms with E-state index in [0.717, 1.165) is 24.2 Å². The van der Waals surface area contributed by atoms with Gasteiger partial charge >= 0.3 is 0 Å². The first kappa shape index (κ1) is 22.2. The summed E-state index contributed by atoms with van der Waals surface area (Å²) in [5.41, 5.74) is 2.36. The second-order valence-electron chi connectivity index (χ2n) is 6.58. The molecule has 0 radical (unpaired) electrons. The SMILES string of the molecule is CCCNC(=O)CCCSc1nc(COC)c(Cc2ccccc2)c(=O)n1C. The molecule has 2 aromatic rings. The summed E-state index contributed by atoms with van der Waals surface area (Å²) in [6.45, 7) is 3.04. The van der Waals surface area contributed by atoms with E-state index in [9.17, 15) is 9.59 Å². The number of nitrogens with one attached hydrogen (secondary N) is 1. The minimum absolute atomic E-state index is 0.0471. The lowest BCUT2D eigenvalue weighted by molar-refractivity contribution is -0.121. The van der Waals surface area contributed by atoms with E-state index in [0.29, 0.717) is 42.4 Å². The molecule has 0 aliphatic rings. The summed E-state index contributed by atoms with van der Waals surface area (Å²) >= 11 is 1.50. The van der Waals surface area contributed by atoms with Gasteiger partial charge in [0.05, 0.1) is 12.3 Å². The number of hydrogen-bond donors (Lipinski definition) is 1. The van der Waals surface area contributed by atoms with E-state index in [2.05, 4.69) is 10.3 Å². The largest absolute Gasteiger partial charge is 0.378 e. The summed E-state index contributed by atoms with van der Waals surface area (Å²) in [5, 5.41) is 3.53. The third kappa shape index (κ3) is 6.49. The highest BCUT2D eigenvalue weighted by atomic mass is 32.2. The number of aromatic nitrogens is 2. The van der Waals surface area contributed by atoms with E-state index in [1.54, 1.807) is 18.7 Å². The maximum Gasteiger partial charge on any atom is 0.257 e. The molecule has 0 spiro atoms. The van der Waals surface area contributed by atoms with Crippen LogP contribution in [0.3, 0.4) is 0 Å². The molecule has 1 aromatic heterocycles. The summed E-state index contributed by atoms with van der Waals surface area (Å²) in [7, 11) is 3.35. The molecule has 0 bridgehead atoms. The highest BCUT2D eigenvalue weighted by Crippen LogP contribution is 2.19. The molecule has 0 saturated heterocycles. The van der Waals surface area contributed by atoms with Gasteiger partial charge in [-0.2, -0.15) is 0 Å². The van der Waals surface area contributed by atoms with Crippen LogP contribution >= 0.6 is 11.8 Å². The van der Waals surface area contributed by atoms with Gasteiger partial charge in [-0.3, -0.25) is 14.2 Å². The average molecular weight is 404 g/mol. The predicted octanol–water partition coefficient (Wildman–Crippen LogP) is 2.92. The summed E-state index contributed by atoms with van der Waals surface area (Å²) in [5.74, 6) is 0.798. The van der Waals surface area contributed by atoms with Crippen molar-refractivity contribution in [3.63, 3.8) is 0 Å². The van der Waals surface area contributed by atoms with Gasteiger partial charge in [0, 0.05) is 44.9 Å². The summed E-state index contributed by atoms with van der Waals surface area (Å²) in [6, 6.07) is 9.89. The monoisotopic (exact) mass is 403 g/mol. The van der Waals surface area contributed by atoms with Crippen LogP contribution in [-0.4, -0.2) is 34.9 Å². The second-order valence-corrected chi connectivity index (χ2v) is 7.64. The fourth-order valence-corrected chi connectivity index (χ4v) is 3.71. The Balaban J connectivity index is 2.09. The minimum Gasteiger partial charge on any atom is -0.378 e. The molecule has 2 rings (SSSR count). The van der Waals surface area contributed by atoms with Crippen LogP contribution in [0.2, 0.25) is 0 Å². The highest BCUT2D eigenvalue weighted by molar-refractivity contribution is 7.99. The fourth-order valence-electron chi connectivity index (χ4n) is 2.78. The molecule has 1 amide bonds. The Hall–Kier alpha value is -2.12. The van der Waals surface area contributed by atoms with E-state index in [4.69, 9.17) is 4.74 Å². The van der Waals surface area contributed by atoms with Crippen molar-refractivity contribution in [2.75, 3.05) is 19.4 Å². The Morgan fingerprint density at radius 3 is 2.71 bits per heavy atom. The average Bonchev–Trinajstić information content (AvgIpc) is 2.71. The number of rotatable bonds is 11. The number of carbonyl (C=O) groups is 1. The molecule has 0 fully saturated rings. The molecule has 1 heterocycles. The molecule has 28 heavy (non-hydrogen) atoms. The first-order valence-corrected chi connectivity index (χ1v) is 10.6. The van der Waals surface area contributed by atoms with Crippen LogP contribution in [0, 0.1) is 0 Å². The van der Waals surface area contributed by atoms with Crippen molar-refractivity contribution < 1.29 is 9.53 Å². The Labute approximate surface area is 170 Å². The Morgan fingerprint density at radius 1 is 1.29 bits per heavy atom. The molecular formula is C21H29N3O3S. The molecule has 1 N–H and O–H groups in total. The first-order valence-electron chi connectivity index (χ1n) is 9.58. The minimum atomic E-state index is -0.0471. The van der Waals surface area contributed by atoms with E-state index >= 15 is 0 Å². The molecule has 0 atom stereocenters. The molecule has 6 nitrogen and oxygen atoms in total. The summed E-state index contributed by atoms with van der Waals surface area (Å²) in [6.07, 6.45) is 2.69. The van der Waals surface area contributed by atoms with Crippen molar-refractivity contribution in [3.8, 4) is 0 Å². The van der Waals surface area contributed by atoms with Gasteiger partial charge in [-0.15, -0.1) is 0 Å². The smallest absolute Gasteiger partial charge is 0.257 e. The number of ether oxygens (including phenoxy) is 1. The van der Waals surface area contributed by atoms with Gasteiger partial charge in [0.15, 0.2) is 5.16 Å². The third-order valence-electron chi connectivity index (χ3n) is 4.28. The summed E-state index contributed by atoms with van der Waals surface area (Å²) in [4.78, 5) is 29.3. The number of benzene rings is 1. The van der Waals surface area contributed by atoms with Crippen molar-refractivity contribution in [2.45, 2.75) is 44.4 Å². The normalized spacial score (nSPS) is 10.8. The van der Waals surface area contributed by atoms with Gasteiger partial charge in [0.25, 0.3) is 5.56 Å². The maximum atomic E-state index is 12.9. The first-order chi connectivity index (χ1) is 13.6. The van der Waals surface area contributed by atoms with Crippen molar-refractivity contribution >= 4 is 17.7 Å². The highest BCUT2D eigenvalue weighted by Gasteiger charge is 2.15. The van der Waals surface area contributed by atoms with Crippen LogP contribution in [0.4, 0.5) is 0 Å². The molecule has 1 aromatic carbocycles. The number of carbonyl (C=O) groups excluding carboxylic acids is 1. The quantitative estimate of drug-likeness (QED) is 0.355. The van der Waals surface area contributed by atoms with Crippen molar-refractivity contribution in [3.05, 3.63) is 57.5 Å². The van der Waals surface area contributed by atoms with Crippen molar-refractivity contribution in [1.82, 2.24) is 14.9 Å². The van der Waals surface area contributed by atoms with E-state index in [1.807, 2.05) is 37.3 Å². The number of amides is 1. The fraction of sp³-hybridized carbons (Fsp3) is 0.476. The Kier molecular flexibility index (Phi) is 9.23. The van der Waals surface area contributed by atoms with Crippen LogP contribution in [0.15, 0.2) is 40.3 Å². The van der Waals surface area contributed by atoms with E-state index < -0.39 is 0 Å². The number of nitrogens with zero attached hydrogens (tertiary/aromatic N) is 2. The number of methoxy groups -OCH3 is 1. The van der Waals surface area contributed by atoms with Crippen molar-refractivity contribution in [1.29, 1.82) is 0 Å². The molecule has 0 aliphatic carbocycles. The second kappa shape index (κ2) is 11.7. The lowest BCUT2D eigenvalue weighted by Gasteiger charge is -2.14. The van der Waals surface area contributed by atoms with Gasteiger partial charge < -0.3 is 10.1 Å². The summed E-state index contributed by atoms with van der Waals surface area (Å²) < 4.78 is 6.87. The lowest BCUT2D eigenvalue weighted by atomic mass is 10.0. The van der Waals surface area contributed by atoms with Crippen LogP contribution in [0.5, 0.6) is 0 Å². The zero-order chi connectivity index (χ0) is 20.4. The van der Waals surface area contributed by atoms with E-state index in [1.165, 1.54) is 11.8 Å². The molecule has 0 aliphatic heterocycles. The topological polar surface area (TPSA) is 73.2 Å². The Morgan fingerprint density at radius 2 is 2.04 bits per heavy atom. The number of thioether (sulfide) groups is 1. The molecule has 152 valence electrons. The predicted molar refractivity (Wildman–Crippen MR) is 113 cm³/mol. The van der Waals surface area contributed by atoms with Crippen LogP contribution in [0.1, 0.15) is 43.0 Å². The molecular weight excluding hydrogens is 374 g/mol. The van der Waals surface area contributed by atoms with Crippen LogP contribution < -0.4 is 10.9 Å². The molecule has 0 saturated carbocycles. The van der Waals surface area contributed by atoms with Gasteiger partial charge in [0.2, 0.25) is 5.91 Å². The van der Waals surface area contributed by atoms with Gasteiger partial charge in [-0.1, -0.05) is 49.0 Å². The molecule has 0 unspecified atom stereocenters. The zero-order valence-electron chi connectivity index (χ0n) is 16.9. The van der Waals surface area contributed by atoms with Gasteiger partial charge in [-0.05, 0) is 18.4 Å². The number of hydrogen-bond acceptors (Lipinski definition) is 5.